The third-order valence-corrected chi connectivity index (χ3v) is 2.41. The molecule has 18 heavy (non-hydrogen) atoms. The van der Waals surface area contributed by atoms with Crippen LogP contribution in [0.4, 0.5) is 5.69 Å². The van der Waals surface area contributed by atoms with Gasteiger partial charge in [-0.3, -0.25) is 9.59 Å². The van der Waals surface area contributed by atoms with Gasteiger partial charge in [0.05, 0.1) is 11.1 Å². The molecule has 6 nitrogen and oxygen atoms in total. The van der Waals surface area contributed by atoms with Crippen molar-refractivity contribution < 1.29 is 14.7 Å². The van der Waals surface area contributed by atoms with Gasteiger partial charge in [-0.1, -0.05) is 0 Å². The summed E-state index contributed by atoms with van der Waals surface area (Å²) in [4.78, 5) is 26.3. The van der Waals surface area contributed by atoms with Crippen molar-refractivity contribution in [3.63, 3.8) is 0 Å². The van der Waals surface area contributed by atoms with E-state index in [0.717, 1.165) is 0 Å². The Balaban J connectivity index is 3.40. The molecule has 0 saturated heterocycles. The van der Waals surface area contributed by atoms with Gasteiger partial charge in [-0.2, -0.15) is 0 Å². The molecule has 0 fully saturated rings. The number of anilines is 1. The molecule has 0 spiro atoms. The highest BCUT2D eigenvalue weighted by atomic mass is 16.3. The second-order valence-corrected chi connectivity index (χ2v) is 4.36. The first kappa shape index (κ1) is 13.8. The van der Waals surface area contributed by atoms with Crippen LogP contribution in [-0.2, 0) is 0 Å². The van der Waals surface area contributed by atoms with E-state index in [1.165, 1.54) is 21.9 Å². The van der Waals surface area contributed by atoms with Crippen LogP contribution in [0.5, 0.6) is 5.75 Å². The molecule has 3 N–H and O–H groups in total. The lowest BCUT2D eigenvalue weighted by Gasteiger charge is -2.16. The number of carbonyl (C=O) groups is 2. The summed E-state index contributed by atoms with van der Waals surface area (Å²) in [6.45, 7) is 0. The van der Waals surface area contributed by atoms with E-state index in [1.807, 2.05) is 0 Å². The Morgan fingerprint density at radius 3 is 1.61 bits per heavy atom. The van der Waals surface area contributed by atoms with Crippen molar-refractivity contribution in [2.45, 2.75) is 0 Å². The molecule has 0 radical (unpaired) electrons. The molecule has 0 aliphatic heterocycles. The summed E-state index contributed by atoms with van der Waals surface area (Å²) < 4.78 is 0. The Bertz CT molecular complexity index is 454. The highest BCUT2D eigenvalue weighted by molar-refractivity contribution is 6.04. The van der Waals surface area contributed by atoms with Crippen molar-refractivity contribution in [3.8, 4) is 5.75 Å². The summed E-state index contributed by atoms with van der Waals surface area (Å²) >= 11 is 0. The first-order valence-corrected chi connectivity index (χ1v) is 5.31. The van der Waals surface area contributed by atoms with Gasteiger partial charge in [0.25, 0.3) is 11.8 Å². The molecule has 6 heteroatoms. The lowest BCUT2D eigenvalue weighted by molar-refractivity contribution is 0.0820. The lowest BCUT2D eigenvalue weighted by atomic mass is 10.1. The normalized spacial score (nSPS) is 10.0. The molecular weight excluding hydrogens is 234 g/mol. The number of nitrogens with two attached hydrogens (primary N) is 1. The zero-order valence-corrected chi connectivity index (χ0v) is 10.9. The molecule has 0 unspecified atom stereocenters. The van der Waals surface area contributed by atoms with E-state index in [9.17, 15) is 14.7 Å². The molecule has 0 bridgehead atoms. The average molecular weight is 251 g/mol. The zero-order valence-electron chi connectivity index (χ0n) is 10.9. The molecule has 0 heterocycles. The number of phenolic OH excluding ortho intramolecular Hbond substituents is 1. The number of aromatic hydroxyl groups is 1. The Kier molecular flexibility index (Phi) is 3.80. The number of carbonyl (C=O) groups excluding carboxylic acids is 2. The second-order valence-electron chi connectivity index (χ2n) is 4.36. The number of phenols is 1. The summed E-state index contributed by atoms with van der Waals surface area (Å²) in [5.74, 6) is -1.16. The van der Waals surface area contributed by atoms with Crippen LogP contribution in [-0.4, -0.2) is 54.9 Å². The fourth-order valence-corrected chi connectivity index (χ4v) is 1.46. The standard InChI is InChI=1S/C12H17N3O3/c1-14(2)11(17)8-5-7(13)6-9(10(8)16)12(18)15(3)4/h5-6,16H,13H2,1-4H3. The Morgan fingerprint density at radius 2 is 1.33 bits per heavy atom. The van der Waals surface area contributed by atoms with Crippen LogP contribution < -0.4 is 5.73 Å². The van der Waals surface area contributed by atoms with E-state index >= 15 is 0 Å². The SMILES string of the molecule is CN(C)C(=O)c1cc(N)cc(C(=O)N(C)C)c1O. The quantitative estimate of drug-likeness (QED) is 0.587. The van der Waals surface area contributed by atoms with Gasteiger partial charge >= 0.3 is 0 Å². The molecule has 1 aromatic rings. The predicted octanol–water partition coefficient (Wildman–Crippen LogP) is 0.378. The fourth-order valence-electron chi connectivity index (χ4n) is 1.46. The summed E-state index contributed by atoms with van der Waals surface area (Å²) in [6.07, 6.45) is 0. The van der Waals surface area contributed by atoms with Gasteiger partial charge in [-0.05, 0) is 12.1 Å². The number of hydrogen-bond acceptors (Lipinski definition) is 4. The second kappa shape index (κ2) is 4.95. The number of benzene rings is 1. The zero-order chi connectivity index (χ0) is 14.0. The summed E-state index contributed by atoms with van der Waals surface area (Å²) in [5, 5.41) is 10.0. The van der Waals surface area contributed by atoms with Crippen molar-refractivity contribution in [1.82, 2.24) is 9.80 Å². The van der Waals surface area contributed by atoms with Gasteiger partial charge in [-0.25, -0.2) is 0 Å². The number of nitrogens with zero attached hydrogens (tertiary/aromatic N) is 2. The van der Waals surface area contributed by atoms with E-state index < -0.39 is 11.8 Å². The van der Waals surface area contributed by atoms with E-state index in [0.29, 0.717) is 0 Å². The smallest absolute Gasteiger partial charge is 0.257 e. The van der Waals surface area contributed by atoms with Gasteiger partial charge < -0.3 is 20.6 Å². The minimum absolute atomic E-state index is 0.0187. The number of nitrogen functional groups attached to an aromatic ring is 1. The van der Waals surface area contributed by atoms with Crippen molar-refractivity contribution >= 4 is 17.5 Å². The van der Waals surface area contributed by atoms with Crippen molar-refractivity contribution in [2.75, 3.05) is 33.9 Å². The number of amides is 2. The molecule has 2 amide bonds. The minimum atomic E-state index is -0.410. The molecule has 98 valence electrons. The largest absolute Gasteiger partial charge is 0.506 e. The topological polar surface area (TPSA) is 86.9 Å². The first-order chi connectivity index (χ1) is 8.25. The van der Waals surface area contributed by atoms with Crippen LogP contribution in [0, 0.1) is 0 Å². The van der Waals surface area contributed by atoms with Gasteiger partial charge in [-0.15, -0.1) is 0 Å². The fraction of sp³-hybridized carbons (Fsp3) is 0.333. The molecule has 0 aliphatic carbocycles. The Hall–Kier alpha value is -2.24. The Morgan fingerprint density at radius 1 is 1.00 bits per heavy atom. The molecule has 1 rings (SSSR count). The number of rotatable bonds is 2. The number of hydrogen-bond donors (Lipinski definition) is 2. The van der Waals surface area contributed by atoms with Crippen molar-refractivity contribution in [3.05, 3.63) is 23.3 Å². The summed E-state index contributed by atoms with van der Waals surface area (Å²) in [5.41, 5.74) is 5.94. The van der Waals surface area contributed by atoms with Gasteiger partial charge in [0.2, 0.25) is 0 Å². The van der Waals surface area contributed by atoms with Crippen LogP contribution >= 0.6 is 0 Å². The molecule has 0 saturated carbocycles. The van der Waals surface area contributed by atoms with Crippen molar-refractivity contribution in [1.29, 1.82) is 0 Å². The maximum Gasteiger partial charge on any atom is 0.257 e. The minimum Gasteiger partial charge on any atom is -0.506 e. The maximum absolute atomic E-state index is 11.8. The monoisotopic (exact) mass is 251 g/mol. The van der Waals surface area contributed by atoms with Crippen LogP contribution in [0.2, 0.25) is 0 Å². The van der Waals surface area contributed by atoms with E-state index in [-0.39, 0.29) is 22.6 Å². The van der Waals surface area contributed by atoms with Gasteiger partial charge in [0.1, 0.15) is 5.75 Å². The van der Waals surface area contributed by atoms with E-state index in [2.05, 4.69) is 0 Å². The van der Waals surface area contributed by atoms with Crippen LogP contribution in [0.15, 0.2) is 12.1 Å². The van der Waals surface area contributed by atoms with E-state index in [1.54, 1.807) is 28.2 Å². The lowest BCUT2D eigenvalue weighted by Crippen LogP contribution is -2.25. The molecule has 0 atom stereocenters. The first-order valence-electron chi connectivity index (χ1n) is 5.31. The van der Waals surface area contributed by atoms with Crippen LogP contribution in [0.1, 0.15) is 20.7 Å². The Labute approximate surface area is 106 Å². The highest BCUT2D eigenvalue weighted by Gasteiger charge is 2.21. The van der Waals surface area contributed by atoms with Crippen LogP contribution in [0.3, 0.4) is 0 Å². The molecular formula is C12H17N3O3. The highest BCUT2D eigenvalue weighted by Crippen LogP contribution is 2.27. The predicted molar refractivity (Wildman–Crippen MR) is 68.6 cm³/mol. The van der Waals surface area contributed by atoms with Gasteiger partial charge in [0.15, 0.2) is 0 Å². The molecule has 1 aromatic carbocycles. The summed E-state index contributed by atoms with van der Waals surface area (Å²) in [6, 6.07) is 2.70. The maximum atomic E-state index is 11.8. The summed E-state index contributed by atoms with van der Waals surface area (Å²) in [7, 11) is 6.22. The third kappa shape index (κ3) is 2.53. The van der Waals surface area contributed by atoms with Crippen molar-refractivity contribution in [2.24, 2.45) is 0 Å². The van der Waals surface area contributed by atoms with Gasteiger partial charge in [0, 0.05) is 33.9 Å². The molecule has 0 aromatic heterocycles. The van der Waals surface area contributed by atoms with Crippen LogP contribution in [0.25, 0.3) is 0 Å². The van der Waals surface area contributed by atoms with E-state index in [4.69, 9.17) is 5.73 Å². The third-order valence-electron chi connectivity index (χ3n) is 2.41. The average Bonchev–Trinajstić information content (AvgIpc) is 2.29. The molecule has 0 aliphatic rings.